The zero-order valence-electron chi connectivity index (χ0n) is 17.1. The fraction of sp³-hybridized carbons (Fsp3) is 0.292. The van der Waals surface area contributed by atoms with Gasteiger partial charge in [0.1, 0.15) is 42.0 Å². The average molecular weight is 458 g/mol. The molecular formula is C24H24ClNO6. The summed E-state index contributed by atoms with van der Waals surface area (Å²) in [4.78, 5) is 3.96. The molecule has 8 heteroatoms. The Balaban J connectivity index is 1.50. The fourth-order valence-electron chi connectivity index (χ4n) is 3.72. The van der Waals surface area contributed by atoms with Crippen molar-refractivity contribution in [3.63, 3.8) is 0 Å². The van der Waals surface area contributed by atoms with Crippen LogP contribution in [0.25, 0.3) is 0 Å². The van der Waals surface area contributed by atoms with Crippen molar-refractivity contribution >= 4 is 11.6 Å². The van der Waals surface area contributed by atoms with Gasteiger partial charge in [0, 0.05) is 17.4 Å². The van der Waals surface area contributed by atoms with E-state index in [4.69, 9.17) is 21.1 Å². The monoisotopic (exact) mass is 457 g/mol. The molecule has 1 aromatic heterocycles. The van der Waals surface area contributed by atoms with Gasteiger partial charge in [0.2, 0.25) is 0 Å². The van der Waals surface area contributed by atoms with Crippen LogP contribution >= 0.6 is 11.6 Å². The van der Waals surface area contributed by atoms with Crippen LogP contribution in [0.2, 0.25) is 5.02 Å². The minimum Gasteiger partial charge on any atom is -0.457 e. The van der Waals surface area contributed by atoms with Crippen molar-refractivity contribution < 1.29 is 29.9 Å². The minimum atomic E-state index is -1.43. The second-order valence-electron chi connectivity index (χ2n) is 7.71. The Labute approximate surface area is 190 Å². The van der Waals surface area contributed by atoms with E-state index in [1.165, 1.54) is 0 Å². The lowest BCUT2D eigenvalue weighted by atomic mass is 9.90. The molecular weight excluding hydrogens is 434 g/mol. The maximum Gasteiger partial charge on any atom is 0.130 e. The quantitative estimate of drug-likeness (QED) is 0.450. The van der Waals surface area contributed by atoms with Gasteiger partial charge in [-0.2, -0.15) is 0 Å². The minimum absolute atomic E-state index is 0.476. The van der Waals surface area contributed by atoms with E-state index in [0.29, 0.717) is 28.5 Å². The highest BCUT2D eigenvalue weighted by atomic mass is 35.5. The molecule has 168 valence electrons. The molecule has 0 spiro atoms. The van der Waals surface area contributed by atoms with Gasteiger partial charge in [0.05, 0.1) is 6.61 Å². The third kappa shape index (κ3) is 4.94. The SMILES string of the molecule is OC[C@H]1O[C@@H](c2ccc(Cl)c(Cc3ccc(Oc4ccncc4)cc3)c2)[C@H](O)[C@@H](O)[C@@H]1O. The molecule has 1 aliphatic heterocycles. The van der Waals surface area contributed by atoms with E-state index in [-0.39, 0.29) is 0 Å². The van der Waals surface area contributed by atoms with Crippen LogP contribution in [0.5, 0.6) is 11.5 Å². The normalized spacial score (nSPS) is 25.5. The maximum absolute atomic E-state index is 10.4. The molecule has 5 atom stereocenters. The van der Waals surface area contributed by atoms with Gasteiger partial charge < -0.3 is 29.9 Å². The predicted octanol–water partition coefficient (Wildman–Crippen LogP) is 2.63. The number of benzene rings is 2. The van der Waals surface area contributed by atoms with Crippen molar-refractivity contribution in [3.05, 3.63) is 88.7 Å². The highest BCUT2D eigenvalue weighted by Crippen LogP contribution is 2.34. The van der Waals surface area contributed by atoms with Crippen LogP contribution in [0.4, 0.5) is 0 Å². The molecule has 0 bridgehead atoms. The van der Waals surface area contributed by atoms with Gasteiger partial charge >= 0.3 is 0 Å². The van der Waals surface area contributed by atoms with Gasteiger partial charge in [-0.05, 0) is 53.4 Å². The molecule has 0 unspecified atom stereocenters. The van der Waals surface area contributed by atoms with Crippen LogP contribution < -0.4 is 4.74 Å². The molecule has 2 aromatic carbocycles. The van der Waals surface area contributed by atoms with E-state index in [0.717, 1.165) is 11.1 Å². The van der Waals surface area contributed by atoms with E-state index in [9.17, 15) is 20.4 Å². The molecule has 1 saturated heterocycles. The number of aliphatic hydroxyl groups is 4. The van der Waals surface area contributed by atoms with Crippen LogP contribution in [-0.4, -0.2) is 56.4 Å². The Morgan fingerprint density at radius 1 is 0.875 bits per heavy atom. The fourth-order valence-corrected chi connectivity index (χ4v) is 3.91. The van der Waals surface area contributed by atoms with Crippen LogP contribution in [0, 0.1) is 0 Å². The number of hydrogen-bond donors (Lipinski definition) is 4. The first kappa shape index (κ1) is 22.7. The molecule has 4 N–H and O–H groups in total. The molecule has 7 nitrogen and oxygen atoms in total. The zero-order chi connectivity index (χ0) is 22.7. The van der Waals surface area contributed by atoms with Gasteiger partial charge in [0.15, 0.2) is 0 Å². The van der Waals surface area contributed by atoms with Crippen LogP contribution in [0.3, 0.4) is 0 Å². The van der Waals surface area contributed by atoms with Crippen LogP contribution in [0.1, 0.15) is 22.8 Å². The summed E-state index contributed by atoms with van der Waals surface area (Å²) in [6, 6.07) is 16.4. The standard InChI is InChI=1S/C24H24ClNO6/c25-19-6-3-15(24-23(30)22(29)21(28)20(13-27)32-24)12-16(19)11-14-1-4-17(5-2-14)31-18-7-9-26-10-8-18/h1-10,12,20-24,27-30H,11,13H2/t20-,21-,22+,23-,24+/m1/s1. The highest BCUT2D eigenvalue weighted by molar-refractivity contribution is 6.31. The molecule has 0 saturated carbocycles. The molecule has 0 amide bonds. The number of aromatic nitrogens is 1. The van der Waals surface area contributed by atoms with Crippen LogP contribution in [0.15, 0.2) is 67.0 Å². The van der Waals surface area contributed by atoms with E-state index in [1.54, 1.807) is 42.7 Å². The number of rotatable bonds is 6. The van der Waals surface area contributed by atoms with Crippen molar-refractivity contribution in [3.8, 4) is 11.5 Å². The number of aliphatic hydroxyl groups excluding tert-OH is 4. The lowest BCUT2D eigenvalue weighted by Gasteiger charge is -2.40. The second-order valence-corrected chi connectivity index (χ2v) is 8.11. The van der Waals surface area contributed by atoms with E-state index >= 15 is 0 Å². The molecule has 32 heavy (non-hydrogen) atoms. The molecule has 0 radical (unpaired) electrons. The van der Waals surface area contributed by atoms with Gasteiger partial charge in [-0.25, -0.2) is 0 Å². The molecule has 2 heterocycles. The summed E-state index contributed by atoms with van der Waals surface area (Å²) in [5.74, 6) is 1.39. The van der Waals surface area contributed by atoms with Crippen molar-refractivity contribution in [1.82, 2.24) is 4.98 Å². The first-order chi connectivity index (χ1) is 15.5. The lowest BCUT2D eigenvalue weighted by molar-refractivity contribution is -0.231. The Kier molecular flexibility index (Phi) is 7.05. The summed E-state index contributed by atoms with van der Waals surface area (Å²) in [6.07, 6.45) is -2.19. The van der Waals surface area contributed by atoms with Crippen LogP contribution in [-0.2, 0) is 11.2 Å². The number of pyridine rings is 1. The number of ether oxygens (including phenoxy) is 2. The number of halogens is 1. The van der Waals surface area contributed by atoms with E-state index < -0.39 is 37.1 Å². The maximum atomic E-state index is 10.4. The molecule has 4 rings (SSSR count). The molecule has 1 aliphatic rings. The highest BCUT2D eigenvalue weighted by Gasteiger charge is 2.44. The smallest absolute Gasteiger partial charge is 0.130 e. The Morgan fingerprint density at radius 3 is 2.25 bits per heavy atom. The number of hydrogen-bond acceptors (Lipinski definition) is 7. The molecule has 1 fully saturated rings. The van der Waals surface area contributed by atoms with Crippen molar-refractivity contribution in [2.75, 3.05) is 6.61 Å². The van der Waals surface area contributed by atoms with Gasteiger partial charge in [-0.1, -0.05) is 35.9 Å². The lowest BCUT2D eigenvalue weighted by Crippen LogP contribution is -2.55. The summed E-state index contributed by atoms with van der Waals surface area (Å²) in [5, 5.41) is 40.5. The number of nitrogens with zero attached hydrogens (tertiary/aromatic N) is 1. The third-order valence-corrected chi connectivity index (χ3v) is 5.86. The summed E-state index contributed by atoms with van der Waals surface area (Å²) < 4.78 is 11.4. The van der Waals surface area contributed by atoms with E-state index in [2.05, 4.69) is 4.98 Å². The first-order valence-corrected chi connectivity index (χ1v) is 10.6. The summed E-state index contributed by atoms with van der Waals surface area (Å²) in [7, 11) is 0. The third-order valence-electron chi connectivity index (χ3n) is 5.49. The van der Waals surface area contributed by atoms with Gasteiger partial charge in [-0.3, -0.25) is 4.98 Å². The van der Waals surface area contributed by atoms with Crippen molar-refractivity contribution in [2.45, 2.75) is 36.9 Å². The second kappa shape index (κ2) is 9.95. The topological polar surface area (TPSA) is 112 Å². The van der Waals surface area contributed by atoms with Crippen molar-refractivity contribution in [1.29, 1.82) is 0 Å². The Hall–Kier alpha value is -2.52. The average Bonchev–Trinajstić information content (AvgIpc) is 2.81. The molecule has 0 aliphatic carbocycles. The Morgan fingerprint density at radius 2 is 1.56 bits per heavy atom. The molecule has 3 aromatic rings. The summed E-state index contributed by atoms with van der Waals surface area (Å²) >= 11 is 6.40. The zero-order valence-corrected chi connectivity index (χ0v) is 17.8. The predicted molar refractivity (Wildman–Crippen MR) is 118 cm³/mol. The van der Waals surface area contributed by atoms with Gasteiger partial charge in [-0.15, -0.1) is 0 Å². The summed E-state index contributed by atoms with van der Waals surface area (Å²) in [5.41, 5.74) is 2.41. The summed E-state index contributed by atoms with van der Waals surface area (Å²) in [6.45, 7) is -0.476. The van der Waals surface area contributed by atoms with Crippen molar-refractivity contribution in [2.24, 2.45) is 0 Å². The first-order valence-electron chi connectivity index (χ1n) is 10.2. The Bertz CT molecular complexity index is 1030. The largest absolute Gasteiger partial charge is 0.457 e. The van der Waals surface area contributed by atoms with E-state index in [1.807, 2.05) is 24.3 Å². The van der Waals surface area contributed by atoms with Gasteiger partial charge in [0.25, 0.3) is 0 Å².